The summed E-state index contributed by atoms with van der Waals surface area (Å²) in [7, 11) is 0. The third kappa shape index (κ3) is 3.48. The Labute approximate surface area is 127 Å². The molecule has 2 rings (SSSR count). The van der Waals surface area contributed by atoms with Crippen molar-refractivity contribution in [2.75, 3.05) is 0 Å². The minimum atomic E-state index is -4.71. The van der Waals surface area contributed by atoms with Crippen LogP contribution in [0.5, 0.6) is 0 Å². The van der Waals surface area contributed by atoms with Gasteiger partial charge in [0.05, 0.1) is 15.6 Å². The third-order valence-electron chi connectivity index (χ3n) is 2.87. The molecule has 0 heterocycles. The second-order valence-corrected chi connectivity index (χ2v) is 5.12. The van der Waals surface area contributed by atoms with E-state index < -0.39 is 29.2 Å². The molecule has 1 atom stereocenters. The molecule has 0 spiro atoms. The first-order chi connectivity index (χ1) is 9.70. The number of hydrogen-bond donors (Lipinski definition) is 1. The SMILES string of the molecule is OC(c1ccc(Cl)c(Cl)c1)c1cc(F)ccc1C(F)(F)F. The molecule has 1 nitrogen and oxygen atoms in total. The van der Waals surface area contributed by atoms with Crippen molar-refractivity contribution >= 4 is 23.2 Å². The number of hydrogen-bond acceptors (Lipinski definition) is 1. The van der Waals surface area contributed by atoms with Crippen LogP contribution in [0.1, 0.15) is 22.8 Å². The van der Waals surface area contributed by atoms with E-state index in [1.807, 2.05) is 0 Å². The highest BCUT2D eigenvalue weighted by Crippen LogP contribution is 2.37. The van der Waals surface area contributed by atoms with Gasteiger partial charge in [-0.25, -0.2) is 4.39 Å². The summed E-state index contributed by atoms with van der Waals surface area (Å²) >= 11 is 11.5. The van der Waals surface area contributed by atoms with E-state index >= 15 is 0 Å². The molecule has 1 N–H and O–H groups in total. The van der Waals surface area contributed by atoms with Gasteiger partial charge in [0, 0.05) is 5.56 Å². The maximum Gasteiger partial charge on any atom is 0.416 e. The van der Waals surface area contributed by atoms with Gasteiger partial charge in [0.25, 0.3) is 0 Å². The highest BCUT2D eigenvalue weighted by atomic mass is 35.5. The summed E-state index contributed by atoms with van der Waals surface area (Å²) in [5.74, 6) is -0.878. The number of halogens is 6. The Hall–Kier alpha value is -1.30. The smallest absolute Gasteiger partial charge is 0.384 e. The molecule has 0 amide bonds. The zero-order chi connectivity index (χ0) is 15.8. The van der Waals surface area contributed by atoms with Crippen molar-refractivity contribution in [3.63, 3.8) is 0 Å². The van der Waals surface area contributed by atoms with Gasteiger partial charge in [0.2, 0.25) is 0 Å². The van der Waals surface area contributed by atoms with Crippen LogP contribution in [-0.4, -0.2) is 5.11 Å². The van der Waals surface area contributed by atoms with Crippen LogP contribution < -0.4 is 0 Å². The van der Waals surface area contributed by atoms with Gasteiger partial charge in [-0.2, -0.15) is 13.2 Å². The largest absolute Gasteiger partial charge is 0.416 e. The van der Waals surface area contributed by atoms with Crippen molar-refractivity contribution < 1.29 is 22.7 Å². The summed E-state index contributed by atoms with van der Waals surface area (Å²) in [6.45, 7) is 0. The minimum Gasteiger partial charge on any atom is -0.384 e. The topological polar surface area (TPSA) is 20.2 Å². The molecule has 1 unspecified atom stereocenters. The fraction of sp³-hybridized carbons (Fsp3) is 0.143. The van der Waals surface area contributed by atoms with Crippen LogP contribution in [0.3, 0.4) is 0 Å². The summed E-state index contributed by atoms with van der Waals surface area (Å²) in [5.41, 5.74) is -1.61. The van der Waals surface area contributed by atoms with Crippen LogP contribution in [0, 0.1) is 5.82 Å². The van der Waals surface area contributed by atoms with E-state index in [1.54, 1.807) is 0 Å². The molecular weight excluding hydrogens is 331 g/mol. The van der Waals surface area contributed by atoms with Crippen LogP contribution in [0.2, 0.25) is 10.0 Å². The Morgan fingerprint density at radius 1 is 0.952 bits per heavy atom. The van der Waals surface area contributed by atoms with Crippen LogP contribution in [0.25, 0.3) is 0 Å². The Balaban J connectivity index is 2.54. The van der Waals surface area contributed by atoms with Crippen LogP contribution >= 0.6 is 23.2 Å². The minimum absolute atomic E-state index is 0.0816. The van der Waals surface area contributed by atoms with Gasteiger partial charge in [0.15, 0.2) is 0 Å². The maximum absolute atomic E-state index is 13.2. The molecule has 21 heavy (non-hydrogen) atoms. The highest BCUT2D eigenvalue weighted by molar-refractivity contribution is 6.42. The van der Waals surface area contributed by atoms with Crippen LogP contribution in [0.15, 0.2) is 36.4 Å². The molecule has 2 aromatic rings. The van der Waals surface area contributed by atoms with Gasteiger partial charge < -0.3 is 5.11 Å². The summed E-state index contributed by atoms with van der Waals surface area (Å²) in [5, 5.41) is 10.4. The normalized spacial score (nSPS) is 13.3. The van der Waals surface area contributed by atoms with Gasteiger partial charge in [-0.1, -0.05) is 29.3 Å². The standard InChI is InChI=1S/C14H8Cl2F4O/c15-11-4-1-7(5-12(11)16)13(21)9-6-8(17)2-3-10(9)14(18,19)20/h1-6,13,21H. The second kappa shape index (κ2) is 5.83. The lowest BCUT2D eigenvalue weighted by Crippen LogP contribution is -2.13. The van der Waals surface area contributed by atoms with Gasteiger partial charge >= 0.3 is 6.18 Å². The molecular formula is C14H8Cl2F4O. The van der Waals surface area contributed by atoms with Crippen molar-refractivity contribution in [1.82, 2.24) is 0 Å². The van der Waals surface area contributed by atoms with Crippen LogP contribution in [0.4, 0.5) is 17.6 Å². The molecule has 0 aliphatic rings. The summed E-state index contributed by atoms with van der Waals surface area (Å²) in [6, 6.07) is 5.83. The molecule has 0 saturated carbocycles. The number of benzene rings is 2. The van der Waals surface area contributed by atoms with E-state index in [0.717, 1.165) is 0 Å². The van der Waals surface area contributed by atoms with E-state index in [1.165, 1.54) is 18.2 Å². The number of aliphatic hydroxyl groups is 1. The number of rotatable bonds is 2. The Kier molecular flexibility index (Phi) is 4.46. The average molecular weight is 339 g/mol. The van der Waals surface area contributed by atoms with Crippen molar-refractivity contribution in [3.8, 4) is 0 Å². The molecule has 7 heteroatoms. The summed E-state index contributed by atoms with van der Waals surface area (Å²) < 4.78 is 52.0. The van der Waals surface area contributed by atoms with Gasteiger partial charge in [0.1, 0.15) is 11.9 Å². The number of alkyl halides is 3. The second-order valence-electron chi connectivity index (χ2n) is 4.31. The lowest BCUT2D eigenvalue weighted by molar-refractivity contribution is -0.139. The molecule has 0 bridgehead atoms. The predicted octanol–water partition coefficient (Wildman–Crippen LogP) is 5.23. The quantitative estimate of drug-likeness (QED) is 0.743. The Morgan fingerprint density at radius 3 is 2.19 bits per heavy atom. The number of aliphatic hydroxyl groups excluding tert-OH is 1. The van der Waals surface area contributed by atoms with Crippen molar-refractivity contribution in [2.24, 2.45) is 0 Å². The fourth-order valence-electron chi connectivity index (χ4n) is 1.88. The maximum atomic E-state index is 13.2. The Morgan fingerprint density at radius 2 is 1.62 bits per heavy atom. The third-order valence-corrected chi connectivity index (χ3v) is 3.61. The zero-order valence-electron chi connectivity index (χ0n) is 10.3. The first-order valence-electron chi connectivity index (χ1n) is 5.70. The average Bonchev–Trinajstić information content (AvgIpc) is 2.39. The van der Waals surface area contributed by atoms with Crippen molar-refractivity contribution in [3.05, 3.63) is 69.0 Å². The molecule has 0 aromatic heterocycles. The molecule has 0 saturated heterocycles. The summed E-state index contributed by atoms with van der Waals surface area (Å²) in [4.78, 5) is 0. The van der Waals surface area contributed by atoms with Crippen LogP contribution in [-0.2, 0) is 6.18 Å². The van der Waals surface area contributed by atoms with Gasteiger partial charge in [-0.3, -0.25) is 0 Å². The van der Waals surface area contributed by atoms with Crippen molar-refractivity contribution in [2.45, 2.75) is 12.3 Å². The fourth-order valence-corrected chi connectivity index (χ4v) is 2.19. The molecule has 0 radical (unpaired) electrons. The molecule has 2 aromatic carbocycles. The lowest BCUT2D eigenvalue weighted by atomic mass is 9.96. The predicted molar refractivity (Wildman–Crippen MR) is 71.9 cm³/mol. The van der Waals surface area contributed by atoms with E-state index in [9.17, 15) is 22.7 Å². The highest BCUT2D eigenvalue weighted by Gasteiger charge is 2.35. The zero-order valence-corrected chi connectivity index (χ0v) is 11.8. The first kappa shape index (κ1) is 16.1. The van der Waals surface area contributed by atoms with Gasteiger partial charge in [-0.05, 0) is 35.9 Å². The Bertz CT molecular complexity index is 671. The van der Waals surface area contributed by atoms with E-state index in [2.05, 4.69) is 0 Å². The molecule has 0 aliphatic heterocycles. The van der Waals surface area contributed by atoms with Gasteiger partial charge in [-0.15, -0.1) is 0 Å². The lowest BCUT2D eigenvalue weighted by Gasteiger charge is -2.18. The van der Waals surface area contributed by atoms with E-state index in [4.69, 9.17) is 23.2 Å². The van der Waals surface area contributed by atoms with E-state index in [-0.39, 0.29) is 15.6 Å². The van der Waals surface area contributed by atoms with E-state index in [0.29, 0.717) is 18.2 Å². The monoisotopic (exact) mass is 338 g/mol. The first-order valence-corrected chi connectivity index (χ1v) is 6.45. The van der Waals surface area contributed by atoms with Crippen molar-refractivity contribution in [1.29, 1.82) is 0 Å². The molecule has 0 fully saturated rings. The molecule has 112 valence electrons. The summed E-state index contributed by atoms with van der Waals surface area (Å²) in [6.07, 6.45) is -6.38. The molecule has 0 aliphatic carbocycles.